The van der Waals surface area contributed by atoms with Crippen molar-refractivity contribution in [2.24, 2.45) is 0 Å². The molecule has 0 bridgehead atoms. The molecular formula is C19H16ClN5O. The van der Waals surface area contributed by atoms with E-state index < -0.39 is 0 Å². The van der Waals surface area contributed by atoms with Crippen LogP contribution in [-0.4, -0.2) is 26.1 Å². The van der Waals surface area contributed by atoms with Crippen molar-refractivity contribution in [1.82, 2.24) is 20.2 Å². The third-order valence-electron chi connectivity index (χ3n) is 4.07. The fraction of sp³-hybridized carbons (Fsp3) is 0.158. The second kappa shape index (κ2) is 7.09. The number of carbonyl (C=O) groups excluding carboxylic acids is 1. The van der Waals surface area contributed by atoms with Crippen molar-refractivity contribution in [3.05, 3.63) is 65.2 Å². The van der Waals surface area contributed by atoms with Crippen LogP contribution in [0.25, 0.3) is 17.5 Å². The van der Waals surface area contributed by atoms with Crippen molar-refractivity contribution in [1.29, 1.82) is 0 Å². The van der Waals surface area contributed by atoms with Gasteiger partial charge in [0.15, 0.2) is 5.82 Å². The Kier molecular flexibility index (Phi) is 4.50. The SMILES string of the molecule is O=C(C=Cc1cccc(Cl)c1)Nc1ccc(-c2nnnn2C2CC2)cc1. The lowest BCUT2D eigenvalue weighted by Crippen LogP contribution is -2.07. The predicted octanol–water partition coefficient (Wildman–Crippen LogP) is 3.98. The van der Waals surface area contributed by atoms with Gasteiger partial charge in [0.1, 0.15) is 0 Å². The van der Waals surface area contributed by atoms with Gasteiger partial charge in [-0.3, -0.25) is 4.79 Å². The first-order chi connectivity index (χ1) is 12.7. The van der Waals surface area contributed by atoms with Crippen LogP contribution in [0.3, 0.4) is 0 Å². The summed E-state index contributed by atoms with van der Waals surface area (Å²) in [7, 11) is 0. The predicted molar refractivity (Wildman–Crippen MR) is 101 cm³/mol. The monoisotopic (exact) mass is 365 g/mol. The number of nitrogens with zero attached hydrogens (tertiary/aromatic N) is 4. The highest BCUT2D eigenvalue weighted by atomic mass is 35.5. The molecule has 6 nitrogen and oxygen atoms in total. The number of aromatic nitrogens is 4. The molecule has 130 valence electrons. The van der Waals surface area contributed by atoms with Crippen LogP contribution in [0.2, 0.25) is 5.02 Å². The molecule has 0 saturated heterocycles. The molecule has 2 aromatic carbocycles. The fourth-order valence-corrected chi connectivity index (χ4v) is 2.82. The summed E-state index contributed by atoms with van der Waals surface area (Å²) in [5.41, 5.74) is 2.50. The molecule has 26 heavy (non-hydrogen) atoms. The summed E-state index contributed by atoms with van der Waals surface area (Å²) in [5, 5.41) is 15.4. The number of benzene rings is 2. The van der Waals surface area contributed by atoms with Crippen molar-refractivity contribution in [3.63, 3.8) is 0 Å². The molecule has 1 heterocycles. The lowest BCUT2D eigenvalue weighted by atomic mass is 10.2. The van der Waals surface area contributed by atoms with Crippen molar-refractivity contribution < 1.29 is 4.79 Å². The van der Waals surface area contributed by atoms with Gasteiger partial charge < -0.3 is 5.32 Å². The van der Waals surface area contributed by atoms with E-state index in [4.69, 9.17) is 11.6 Å². The third-order valence-corrected chi connectivity index (χ3v) is 4.31. The molecule has 1 amide bonds. The normalized spacial score (nSPS) is 13.9. The lowest BCUT2D eigenvalue weighted by Gasteiger charge is -2.05. The molecule has 1 aliphatic carbocycles. The number of anilines is 1. The minimum Gasteiger partial charge on any atom is -0.323 e. The summed E-state index contributed by atoms with van der Waals surface area (Å²) >= 11 is 5.93. The Bertz CT molecular complexity index is 960. The lowest BCUT2D eigenvalue weighted by molar-refractivity contribution is -0.111. The quantitative estimate of drug-likeness (QED) is 0.694. The van der Waals surface area contributed by atoms with Gasteiger partial charge >= 0.3 is 0 Å². The average molecular weight is 366 g/mol. The Morgan fingerprint density at radius 3 is 2.73 bits per heavy atom. The Morgan fingerprint density at radius 2 is 2.00 bits per heavy atom. The van der Waals surface area contributed by atoms with Crippen LogP contribution in [0, 0.1) is 0 Å². The van der Waals surface area contributed by atoms with Gasteiger partial charge in [-0.2, -0.15) is 0 Å². The number of nitrogens with one attached hydrogen (secondary N) is 1. The second-order valence-electron chi connectivity index (χ2n) is 6.13. The number of hydrogen-bond donors (Lipinski definition) is 1. The van der Waals surface area contributed by atoms with Gasteiger partial charge in [-0.05, 0) is 71.3 Å². The maximum atomic E-state index is 12.1. The van der Waals surface area contributed by atoms with E-state index in [1.165, 1.54) is 6.08 Å². The van der Waals surface area contributed by atoms with Gasteiger partial charge in [-0.25, -0.2) is 4.68 Å². The van der Waals surface area contributed by atoms with Gasteiger partial charge in [-0.15, -0.1) is 5.10 Å². The summed E-state index contributed by atoms with van der Waals surface area (Å²) in [5.74, 6) is 0.548. The van der Waals surface area contributed by atoms with E-state index in [0.29, 0.717) is 16.8 Å². The van der Waals surface area contributed by atoms with Crippen LogP contribution in [0.1, 0.15) is 24.4 Å². The molecule has 0 aliphatic heterocycles. The number of carbonyl (C=O) groups is 1. The van der Waals surface area contributed by atoms with E-state index >= 15 is 0 Å². The largest absolute Gasteiger partial charge is 0.323 e. The molecule has 1 N–H and O–H groups in total. The first-order valence-electron chi connectivity index (χ1n) is 8.32. The van der Waals surface area contributed by atoms with Crippen molar-refractivity contribution in [2.75, 3.05) is 5.32 Å². The fourth-order valence-electron chi connectivity index (χ4n) is 2.62. The molecule has 3 aromatic rings. The number of tetrazole rings is 1. The molecular weight excluding hydrogens is 350 g/mol. The van der Waals surface area contributed by atoms with E-state index in [1.807, 2.05) is 41.1 Å². The smallest absolute Gasteiger partial charge is 0.248 e. The highest BCUT2D eigenvalue weighted by Gasteiger charge is 2.28. The first kappa shape index (κ1) is 16.5. The van der Waals surface area contributed by atoms with E-state index in [0.717, 1.165) is 29.8 Å². The summed E-state index contributed by atoms with van der Waals surface area (Å²) in [6.45, 7) is 0. The van der Waals surface area contributed by atoms with Gasteiger partial charge in [0.2, 0.25) is 5.91 Å². The van der Waals surface area contributed by atoms with Crippen molar-refractivity contribution in [2.45, 2.75) is 18.9 Å². The van der Waals surface area contributed by atoms with E-state index in [1.54, 1.807) is 18.2 Å². The minimum atomic E-state index is -0.208. The molecule has 0 unspecified atom stereocenters. The van der Waals surface area contributed by atoms with E-state index in [-0.39, 0.29) is 5.91 Å². The average Bonchev–Trinajstić information content (AvgIpc) is 3.38. The van der Waals surface area contributed by atoms with Gasteiger partial charge in [0, 0.05) is 22.3 Å². The number of rotatable bonds is 5. The molecule has 0 radical (unpaired) electrons. The standard InChI is InChI=1S/C19H16ClN5O/c20-15-3-1-2-13(12-15)4-11-18(26)21-16-7-5-14(6-8-16)19-22-23-24-25(19)17-9-10-17/h1-8,11-12,17H,9-10H2,(H,21,26). The summed E-state index contributed by atoms with van der Waals surface area (Å²) in [6, 6.07) is 15.2. The number of amides is 1. The zero-order valence-electron chi connectivity index (χ0n) is 13.8. The maximum absolute atomic E-state index is 12.1. The van der Waals surface area contributed by atoms with Gasteiger partial charge in [-0.1, -0.05) is 23.7 Å². The highest BCUT2D eigenvalue weighted by Crippen LogP contribution is 2.36. The molecule has 1 aliphatic rings. The number of halogens is 1. The molecule has 0 spiro atoms. The molecule has 1 fully saturated rings. The molecule has 7 heteroatoms. The van der Waals surface area contributed by atoms with E-state index in [9.17, 15) is 4.79 Å². The molecule has 4 rings (SSSR count). The molecule has 1 aromatic heterocycles. The first-order valence-corrected chi connectivity index (χ1v) is 8.70. The van der Waals surface area contributed by atoms with Gasteiger partial charge in [0.05, 0.1) is 6.04 Å². The Balaban J connectivity index is 1.42. The topological polar surface area (TPSA) is 72.7 Å². The van der Waals surface area contributed by atoms with Crippen LogP contribution < -0.4 is 5.32 Å². The highest BCUT2D eigenvalue weighted by molar-refractivity contribution is 6.30. The van der Waals surface area contributed by atoms with Crippen LogP contribution in [-0.2, 0) is 4.79 Å². The van der Waals surface area contributed by atoms with Crippen LogP contribution in [0.15, 0.2) is 54.6 Å². The van der Waals surface area contributed by atoms with Crippen LogP contribution >= 0.6 is 11.6 Å². The van der Waals surface area contributed by atoms with Crippen molar-refractivity contribution >= 4 is 29.3 Å². The van der Waals surface area contributed by atoms with Crippen LogP contribution in [0.5, 0.6) is 0 Å². The zero-order chi connectivity index (χ0) is 17.9. The summed E-state index contributed by atoms with van der Waals surface area (Å²) < 4.78 is 1.86. The maximum Gasteiger partial charge on any atom is 0.248 e. The van der Waals surface area contributed by atoms with Gasteiger partial charge in [0.25, 0.3) is 0 Å². The minimum absolute atomic E-state index is 0.208. The van der Waals surface area contributed by atoms with E-state index in [2.05, 4.69) is 20.8 Å². The Labute approximate surface area is 155 Å². The Morgan fingerprint density at radius 1 is 1.19 bits per heavy atom. The number of hydrogen-bond acceptors (Lipinski definition) is 4. The summed E-state index contributed by atoms with van der Waals surface area (Å²) in [6.07, 6.45) is 5.43. The molecule has 0 atom stereocenters. The Hall–Kier alpha value is -2.99. The molecule has 1 saturated carbocycles. The summed E-state index contributed by atoms with van der Waals surface area (Å²) in [4.78, 5) is 12.1. The van der Waals surface area contributed by atoms with Crippen molar-refractivity contribution in [3.8, 4) is 11.4 Å². The third kappa shape index (κ3) is 3.81. The van der Waals surface area contributed by atoms with Crippen LogP contribution in [0.4, 0.5) is 5.69 Å². The second-order valence-corrected chi connectivity index (χ2v) is 6.57. The zero-order valence-corrected chi connectivity index (χ0v) is 14.6.